The van der Waals surface area contributed by atoms with Gasteiger partial charge >= 0.3 is 6.03 Å². The maximum atomic E-state index is 12.3. The first-order chi connectivity index (χ1) is 12.3. The molecule has 2 aromatic rings. The average molecular weight is 334 g/mol. The van der Waals surface area contributed by atoms with E-state index in [9.17, 15) is 10.1 Å². The summed E-state index contributed by atoms with van der Waals surface area (Å²) in [4.78, 5) is 16.3. The predicted octanol–water partition coefficient (Wildman–Crippen LogP) is 2.63. The lowest BCUT2D eigenvalue weighted by molar-refractivity contribution is 0.194. The third-order valence-electron chi connectivity index (χ3n) is 4.46. The highest BCUT2D eigenvalue weighted by Gasteiger charge is 2.22. The molecule has 25 heavy (non-hydrogen) atoms. The van der Waals surface area contributed by atoms with E-state index in [0.29, 0.717) is 25.2 Å². The Hall–Kier alpha value is -3.00. The minimum absolute atomic E-state index is 0.0100. The number of nitrogens with zero attached hydrogens (tertiary/aromatic N) is 3. The van der Waals surface area contributed by atoms with Crippen molar-refractivity contribution in [3.8, 4) is 6.07 Å². The number of piperazine rings is 1. The van der Waals surface area contributed by atoms with Crippen LogP contribution >= 0.6 is 0 Å². The predicted molar refractivity (Wildman–Crippen MR) is 98.5 cm³/mol. The van der Waals surface area contributed by atoms with Crippen LogP contribution in [0.4, 0.5) is 10.5 Å². The number of nitrogens with one attached hydrogen (secondary N) is 1. The lowest BCUT2D eigenvalue weighted by Crippen LogP contribution is -2.52. The lowest BCUT2D eigenvalue weighted by Gasteiger charge is -2.36. The zero-order valence-electron chi connectivity index (χ0n) is 14.2. The molecule has 0 saturated carbocycles. The highest BCUT2D eigenvalue weighted by atomic mass is 16.2. The number of nitriles is 1. The molecular weight excluding hydrogens is 312 g/mol. The summed E-state index contributed by atoms with van der Waals surface area (Å²) in [5.41, 5.74) is 2.86. The molecule has 0 bridgehead atoms. The van der Waals surface area contributed by atoms with Crippen LogP contribution in [-0.2, 0) is 6.42 Å². The highest BCUT2D eigenvalue weighted by Crippen LogP contribution is 2.20. The molecular formula is C20H22N4O. The van der Waals surface area contributed by atoms with E-state index in [-0.39, 0.29) is 6.03 Å². The van der Waals surface area contributed by atoms with Gasteiger partial charge in [0.1, 0.15) is 6.07 Å². The van der Waals surface area contributed by atoms with E-state index in [1.165, 1.54) is 5.56 Å². The highest BCUT2D eigenvalue weighted by molar-refractivity contribution is 5.74. The molecule has 0 aromatic heterocycles. The summed E-state index contributed by atoms with van der Waals surface area (Å²) in [6.45, 7) is 3.45. The number of carbonyl (C=O) groups excluding carboxylic acids is 1. The molecule has 3 rings (SSSR count). The van der Waals surface area contributed by atoms with Crippen LogP contribution < -0.4 is 10.2 Å². The van der Waals surface area contributed by atoms with Gasteiger partial charge in [-0.25, -0.2) is 4.79 Å². The number of carbonyl (C=O) groups is 1. The molecule has 0 atom stereocenters. The maximum absolute atomic E-state index is 12.3. The van der Waals surface area contributed by atoms with Crippen LogP contribution in [0.25, 0.3) is 0 Å². The number of hydrogen-bond donors (Lipinski definition) is 1. The summed E-state index contributed by atoms with van der Waals surface area (Å²) in [5, 5.41) is 12.2. The number of amides is 2. The molecule has 0 spiro atoms. The summed E-state index contributed by atoms with van der Waals surface area (Å²) >= 11 is 0. The SMILES string of the molecule is N#Cc1ccccc1N1CCN(C(=O)NCCc2ccccc2)CC1. The third kappa shape index (κ3) is 4.30. The Morgan fingerprint density at radius 2 is 1.68 bits per heavy atom. The van der Waals surface area contributed by atoms with Gasteiger partial charge in [-0.1, -0.05) is 42.5 Å². The van der Waals surface area contributed by atoms with E-state index in [1.54, 1.807) is 0 Å². The molecule has 0 unspecified atom stereocenters. The van der Waals surface area contributed by atoms with E-state index >= 15 is 0 Å². The van der Waals surface area contributed by atoms with Gasteiger partial charge in [0.05, 0.1) is 11.3 Å². The van der Waals surface area contributed by atoms with Crippen molar-refractivity contribution in [1.29, 1.82) is 5.26 Å². The summed E-state index contributed by atoms with van der Waals surface area (Å²) in [5.74, 6) is 0. The molecule has 1 aliphatic rings. The number of hydrogen-bond acceptors (Lipinski definition) is 3. The zero-order valence-corrected chi connectivity index (χ0v) is 14.2. The Labute approximate surface area is 148 Å². The Balaban J connectivity index is 1.47. The smallest absolute Gasteiger partial charge is 0.317 e. The summed E-state index contributed by atoms with van der Waals surface area (Å²) in [6, 6.07) is 20.0. The van der Waals surface area contributed by atoms with Crippen molar-refractivity contribution in [2.24, 2.45) is 0 Å². The van der Waals surface area contributed by atoms with Gasteiger partial charge < -0.3 is 15.1 Å². The molecule has 5 nitrogen and oxygen atoms in total. The van der Waals surface area contributed by atoms with Crippen molar-refractivity contribution in [2.45, 2.75) is 6.42 Å². The minimum Gasteiger partial charge on any atom is -0.367 e. The molecule has 0 aliphatic carbocycles. The molecule has 1 heterocycles. The average Bonchev–Trinajstić information content (AvgIpc) is 2.69. The number of benzene rings is 2. The van der Waals surface area contributed by atoms with Gasteiger partial charge in [0.2, 0.25) is 0 Å². The summed E-state index contributed by atoms with van der Waals surface area (Å²) in [7, 11) is 0. The van der Waals surface area contributed by atoms with Gasteiger partial charge in [0, 0.05) is 32.7 Å². The Morgan fingerprint density at radius 3 is 2.40 bits per heavy atom. The summed E-state index contributed by atoms with van der Waals surface area (Å²) in [6.07, 6.45) is 0.835. The second-order valence-electron chi connectivity index (χ2n) is 6.07. The fourth-order valence-corrected chi connectivity index (χ4v) is 3.06. The fraction of sp³-hybridized carbons (Fsp3) is 0.300. The van der Waals surface area contributed by atoms with Crippen molar-refractivity contribution >= 4 is 11.7 Å². The summed E-state index contributed by atoms with van der Waals surface area (Å²) < 4.78 is 0. The van der Waals surface area contributed by atoms with Gasteiger partial charge in [-0.15, -0.1) is 0 Å². The minimum atomic E-state index is -0.0100. The number of rotatable bonds is 4. The van der Waals surface area contributed by atoms with E-state index in [4.69, 9.17) is 0 Å². The van der Waals surface area contributed by atoms with Crippen LogP contribution in [0.3, 0.4) is 0 Å². The quantitative estimate of drug-likeness (QED) is 0.935. The molecule has 1 aliphatic heterocycles. The second-order valence-corrected chi connectivity index (χ2v) is 6.07. The van der Waals surface area contributed by atoms with Crippen molar-refractivity contribution in [1.82, 2.24) is 10.2 Å². The number of para-hydroxylation sites is 1. The van der Waals surface area contributed by atoms with E-state index < -0.39 is 0 Å². The van der Waals surface area contributed by atoms with E-state index in [2.05, 4.69) is 28.4 Å². The molecule has 2 amide bonds. The van der Waals surface area contributed by atoms with Crippen LogP contribution in [0.15, 0.2) is 54.6 Å². The molecule has 2 aromatic carbocycles. The van der Waals surface area contributed by atoms with Crippen molar-refractivity contribution < 1.29 is 4.79 Å². The molecule has 1 saturated heterocycles. The van der Waals surface area contributed by atoms with Crippen LogP contribution in [0, 0.1) is 11.3 Å². The van der Waals surface area contributed by atoms with Crippen LogP contribution in [0.1, 0.15) is 11.1 Å². The van der Waals surface area contributed by atoms with Gasteiger partial charge in [0.25, 0.3) is 0 Å². The normalized spacial score (nSPS) is 14.0. The second kappa shape index (κ2) is 8.20. The van der Waals surface area contributed by atoms with Crippen LogP contribution in [-0.4, -0.2) is 43.7 Å². The van der Waals surface area contributed by atoms with Gasteiger partial charge in [-0.2, -0.15) is 5.26 Å². The van der Waals surface area contributed by atoms with Crippen molar-refractivity contribution in [3.05, 3.63) is 65.7 Å². The Bertz CT molecular complexity index is 746. The monoisotopic (exact) mass is 334 g/mol. The standard InChI is InChI=1S/C20H22N4O/c21-16-18-8-4-5-9-19(18)23-12-14-24(15-13-23)20(25)22-11-10-17-6-2-1-3-7-17/h1-9H,10-15H2,(H,22,25). The first kappa shape index (κ1) is 16.8. The molecule has 128 valence electrons. The van der Waals surface area contributed by atoms with E-state index in [1.807, 2.05) is 47.4 Å². The van der Waals surface area contributed by atoms with Crippen LogP contribution in [0.2, 0.25) is 0 Å². The largest absolute Gasteiger partial charge is 0.367 e. The third-order valence-corrected chi connectivity index (χ3v) is 4.46. The number of urea groups is 1. The first-order valence-electron chi connectivity index (χ1n) is 8.58. The van der Waals surface area contributed by atoms with Crippen molar-refractivity contribution in [3.63, 3.8) is 0 Å². The molecule has 1 fully saturated rings. The zero-order chi connectivity index (χ0) is 17.5. The van der Waals surface area contributed by atoms with Gasteiger partial charge in [-0.05, 0) is 24.1 Å². The Morgan fingerprint density at radius 1 is 1.00 bits per heavy atom. The maximum Gasteiger partial charge on any atom is 0.317 e. The number of anilines is 1. The fourth-order valence-electron chi connectivity index (χ4n) is 3.06. The van der Waals surface area contributed by atoms with Gasteiger partial charge in [0.15, 0.2) is 0 Å². The lowest BCUT2D eigenvalue weighted by atomic mass is 10.1. The van der Waals surface area contributed by atoms with Crippen molar-refractivity contribution in [2.75, 3.05) is 37.6 Å². The molecule has 1 N–H and O–H groups in total. The van der Waals surface area contributed by atoms with Gasteiger partial charge in [-0.3, -0.25) is 0 Å². The molecule has 0 radical (unpaired) electrons. The van der Waals surface area contributed by atoms with E-state index in [0.717, 1.165) is 25.2 Å². The first-order valence-corrected chi connectivity index (χ1v) is 8.58. The molecule has 5 heteroatoms. The Kier molecular flexibility index (Phi) is 5.53. The van der Waals surface area contributed by atoms with Crippen LogP contribution in [0.5, 0.6) is 0 Å². The topological polar surface area (TPSA) is 59.4 Å².